The van der Waals surface area contributed by atoms with Crippen molar-refractivity contribution in [2.45, 2.75) is 20.4 Å². The fourth-order valence-corrected chi connectivity index (χ4v) is 3.88. The first kappa shape index (κ1) is 22.4. The van der Waals surface area contributed by atoms with Crippen LogP contribution in [0.3, 0.4) is 0 Å². The summed E-state index contributed by atoms with van der Waals surface area (Å²) in [6.45, 7) is 6.44. The lowest BCUT2D eigenvalue weighted by Crippen LogP contribution is -2.48. The van der Waals surface area contributed by atoms with E-state index in [2.05, 4.69) is 20.2 Å². The van der Waals surface area contributed by atoms with Crippen LogP contribution in [0.2, 0.25) is 0 Å². The summed E-state index contributed by atoms with van der Waals surface area (Å²) in [6, 6.07) is 12.1. The SMILES string of the molecule is CC(=O)N1CCN(c2ccc(C(=O)NCc3ccc(-c4ccnc(C)c4)c(F)c3)nc2)CC1. The standard InChI is InChI=1S/C25H26FN5O2/c1-17-13-20(7-8-27-17)22-5-3-19(14-23(22)26)15-29-25(33)24-6-4-21(16-28-24)31-11-9-30(10-12-31)18(2)32/h3-8,13-14,16H,9-12,15H2,1-2H3,(H,29,33). The number of pyridine rings is 2. The van der Waals surface area contributed by atoms with Gasteiger partial charge in [0.1, 0.15) is 11.5 Å². The van der Waals surface area contributed by atoms with E-state index in [-0.39, 0.29) is 24.2 Å². The smallest absolute Gasteiger partial charge is 0.270 e. The minimum Gasteiger partial charge on any atom is -0.367 e. The van der Waals surface area contributed by atoms with Gasteiger partial charge in [0.05, 0.1) is 11.9 Å². The molecule has 0 bridgehead atoms. The maximum absolute atomic E-state index is 14.6. The molecule has 0 atom stereocenters. The van der Waals surface area contributed by atoms with Crippen molar-refractivity contribution in [3.8, 4) is 11.1 Å². The van der Waals surface area contributed by atoms with Gasteiger partial charge >= 0.3 is 0 Å². The van der Waals surface area contributed by atoms with Crippen molar-refractivity contribution in [2.75, 3.05) is 31.1 Å². The summed E-state index contributed by atoms with van der Waals surface area (Å²) in [5, 5.41) is 2.79. The summed E-state index contributed by atoms with van der Waals surface area (Å²) in [4.78, 5) is 36.4. The van der Waals surface area contributed by atoms with Crippen LogP contribution in [0.4, 0.5) is 10.1 Å². The van der Waals surface area contributed by atoms with E-state index in [1.807, 2.05) is 24.0 Å². The minimum atomic E-state index is -0.348. The zero-order chi connectivity index (χ0) is 23.4. The number of amides is 2. The molecule has 1 aliphatic heterocycles. The number of nitrogens with zero attached hydrogens (tertiary/aromatic N) is 4. The van der Waals surface area contributed by atoms with Crippen molar-refractivity contribution in [1.82, 2.24) is 20.2 Å². The number of benzene rings is 1. The third-order valence-electron chi connectivity index (χ3n) is 5.76. The summed E-state index contributed by atoms with van der Waals surface area (Å²) < 4.78 is 14.6. The minimum absolute atomic E-state index is 0.0850. The number of halogens is 1. The number of hydrogen-bond donors (Lipinski definition) is 1. The Morgan fingerprint density at radius 3 is 2.45 bits per heavy atom. The van der Waals surface area contributed by atoms with Gasteiger partial charge in [-0.1, -0.05) is 12.1 Å². The average molecular weight is 448 g/mol. The Morgan fingerprint density at radius 2 is 1.82 bits per heavy atom. The summed E-state index contributed by atoms with van der Waals surface area (Å²) in [5.41, 5.74) is 3.96. The topological polar surface area (TPSA) is 78.4 Å². The number of nitrogens with one attached hydrogen (secondary N) is 1. The van der Waals surface area contributed by atoms with Crippen LogP contribution in [0.25, 0.3) is 11.1 Å². The van der Waals surface area contributed by atoms with E-state index in [9.17, 15) is 14.0 Å². The number of hydrogen-bond acceptors (Lipinski definition) is 5. The summed E-state index contributed by atoms with van der Waals surface area (Å²) in [6.07, 6.45) is 3.33. The van der Waals surface area contributed by atoms with E-state index in [0.717, 1.165) is 30.0 Å². The molecule has 0 radical (unpaired) electrons. The van der Waals surface area contributed by atoms with Crippen LogP contribution in [0, 0.1) is 12.7 Å². The molecule has 1 aliphatic rings. The highest BCUT2D eigenvalue weighted by molar-refractivity contribution is 5.92. The predicted octanol–water partition coefficient (Wildman–Crippen LogP) is 3.19. The molecular formula is C25H26FN5O2. The Hall–Kier alpha value is -3.81. The van der Waals surface area contributed by atoms with E-state index in [4.69, 9.17) is 0 Å². The second kappa shape index (κ2) is 9.77. The number of aryl methyl sites for hydroxylation is 1. The van der Waals surface area contributed by atoms with Crippen LogP contribution >= 0.6 is 0 Å². The zero-order valence-corrected chi connectivity index (χ0v) is 18.7. The van der Waals surface area contributed by atoms with Gasteiger partial charge in [-0.25, -0.2) is 9.37 Å². The fourth-order valence-electron chi connectivity index (χ4n) is 3.88. The van der Waals surface area contributed by atoms with Gasteiger partial charge in [-0.05, 0) is 48.4 Å². The highest BCUT2D eigenvalue weighted by Gasteiger charge is 2.19. The third-order valence-corrected chi connectivity index (χ3v) is 5.76. The lowest BCUT2D eigenvalue weighted by Gasteiger charge is -2.35. The summed E-state index contributed by atoms with van der Waals surface area (Å²) >= 11 is 0. The molecule has 2 aromatic heterocycles. The molecule has 33 heavy (non-hydrogen) atoms. The van der Waals surface area contributed by atoms with Gasteiger partial charge < -0.3 is 15.1 Å². The second-order valence-electron chi connectivity index (χ2n) is 8.08. The molecule has 3 heterocycles. The highest BCUT2D eigenvalue weighted by atomic mass is 19.1. The van der Waals surface area contributed by atoms with Crippen molar-refractivity contribution in [3.63, 3.8) is 0 Å². The zero-order valence-electron chi connectivity index (χ0n) is 18.7. The number of aromatic nitrogens is 2. The monoisotopic (exact) mass is 447 g/mol. The molecule has 1 fully saturated rings. The Balaban J connectivity index is 1.34. The van der Waals surface area contributed by atoms with E-state index in [1.165, 1.54) is 6.07 Å². The van der Waals surface area contributed by atoms with Gasteiger partial charge in [0.25, 0.3) is 5.91 Å². The maximum atomic E-state index is 14.6. The van der Waals surface area contributed by atoms with Crippen LogP contribution in [-0.2, 0) is 11.3 Å². The van der Waals surface area contributed by atoms with Gasteiger partial charge in [0.2, 0.25) is 5.91 Å². The number of rotatable bonds is 5. The number of anilines is 1. The first-order chi connectivity index (χ1) is 15.9. The molecule has 7 nitrogen and oxygen atoms in total. The average Bonchev–Trinajstić information content (AvgIpc) is 2.83. The molecule has 170 valence electrons. The van der Waals surface area contributed by atoms with E-state index >= 15 is 0 Å². The Labute approximate surface area is 192 Å². The molecule has 0 unspecified atom stereocenters. The van der Waals surface area contributed by atoms with Crippen molar-refractivity contribution in [1.29, 1.82) is 0 Å². The van der Waals surface area contributed by atoms with Crippen LogP contribution in [0.15, 0.2) is 54.9 Å². The van der Waals surface area contributed by atoms with E-state index in [0.29, 0.717) is 29.9 Å². The van der Waals surface area contributed by atoms with Crippen LogP contribution in [0.5, 0.6) is 0 Å². The molecule has 4 rings (SSSR count). The third kappa shape index (κ3) is 5.34. The van der Waals surface area contributed by atoms with Crippen molar-refractivity contribution >= 4 is 17.5 Å². The van der Waals surface area contributed by atoms with Crippen LogP contribution < -0.4 is 10.2 Å². The van der Waals surface area contributed by atoms with Gasteiger partial charge in [-0.2, -0.15) is 0 Å². The number of carbonyl (C=O) groups excluding carboxylic acids is 2. The van der Waals surface area contributed by atoms with Gasteiger partial charge in [0.15, 0.2) is 0 Å². The van der Waals surface area contributed by atoms with Gasteiger partial charge in [-0.15, -0.1) is 0 Å². The van der Waals surface area contributed by atoms with Gasteiger partial charge in [-0.3, -0.25) is 14.6 Å². The molecule has 1 N–H and O–H groups in total. The Bertz CT molecular complexity index is 1160. The molecule has 0 spiro atoms. The maximum Gasteiger partial charge on any atom is 0.270 e. The van der Waals surface area contributed by atoms with Crippen LogP contribution in [-0.4, -0.2) is 52.9 Å². The summed E-state index contributed by atoms with van der Waals surface area (Å²) in [7, 11) is 0. The first-order valence-electron chi connectivity index (χ1n) is 10.9. The highest BCUT2D eigenvalue weighted by Crippen LogP contribution is 2.24. The first-order valence-corrected chi connectivity index (χ1v) is 10.9. The Kier molecular flexibility index (Phi) is 6.63. The van der Waals surface area contributed by atoms with Crippen molar-refractivity contribution in [2.24, 2.45) is 0 Å². The number of piperazine rings is 1. The molecule has 1 saturated heterocycles. The second-order valence-corrected chi connectivity index (χ2v) is 8.08. The fraction of sp³-hybridized carbons (Fsp3) is 0.280. The molecule has 0 saturated carbocycles. The van der Waals surface area contributed by atoms with Crippen LogP contribution in [0.1, 0.15) is 28.7 Å². The molecule has 1 aromatic carbocycles. The lowest BCUT2D eigenvalue weighted by molar-refractivity contribution is -0.129. The Morgan fingerprint density at radius 1 is 1.03 bits per heavy atom. The van der Waals surface area contributed by atoms with E-state index < -0.39 is 0 Å². The lowest BCUT2D eigenvalue weighted by atomic mass is 10.0. The predicted molar refractivity (Wildman–Crippen MR) is 124 cm³/mol. The van der Waals surface area contributed by atoms with Crippen molar-refractivity contribution < 1.29 is 14.0 Å². The normalized spacial score (nSPS) is 13.7. The molecule has 2 amide bonds. The number of carbonyl (C=O) groups is 2. The van der Waals surface area contributed by atoms with Gasteiger partial charge in [0, 0.05) is 57.1 Å². The molecule has 8 heteroatoms. The summed E-state index contributed by atoms with van der Waals surface area (Å²) in [5.74, 6) is -0.585. The quantitative estimate of drug-likeness (QED) is 0.650. The van der Waals surface area contributed by atoms with Crippen molar-refractivity contribution in [3.05, 3.63) is 77.6 Å². The molecule has 0 aliphatic carbocycles. The van der Waals surface area contributed by atoms with E-state index in [1.54, 1.807) is 43.6 Å². The molecular weight excluding hydrogens is 421 g/mol. The largest absolute Gasteiger partial charge is 0.367 e. The molecule has 3 aromatic rings.